The number of rotatable bonds is 6. The number of nitrogens with one attached hydrogen (secondary N) is 1. The molecule has 156 valence electrons. The third-order valence-electron chi connectivity index (χ3n) is 4.39. The van der Waals surface area contributed by atoms with Crippen molar-refractivity contribution < 1.29 is 18.7 Å². The molecule has 9 heteroatoms. The fourth-order valence-electron chi connectivity index (χ4n) is 2.95. The first-order valence-corrected chi connectivity index (χ1v) is 10.0. The Morgan fingerprint density at radius 1 is 1.03 bits per heavy atom. The second-order valence-electron chi connectivity index (χ2n) is 6.30. The highest BCUT2D eigenvalue weighted by Crippen LogP contribution is 2.32. The zero-order chi connectivity index (χ0) is 21.8. The van der Waals surface area contributed by atoms with Crippen molar-refractivity contribution in [2.24, 2.45) is 0 Å². The molecule has 0 unspecified atom stereocenters. The Labute approximate surface area is 181 Å². The molecule has 0 saturated heterocycles. The first-order valence-electron chi connectivity index (χ1n) is 9.16. The van der Waals surface area contributed by atoms with Gasteiger partial charge in [0.25, 0.3) is 5.91 Å². The molecule has 0 atom stereocenters. The molecule has 0 bridgehead atoms. The van der Waals surface area contributed by atoms with Gasteiger partial charge in [-0.2, -0.15) is 0 Å². The first kappa shape index (κ1) is 20.4. The molecule has 3 aromatic heterocycles. The van der Waals surface area contributed by atoms with Crippen LogP contribution in [-0.4, -0.2) is 35.1 Å². The van der Waals surface area contributed by atoms with Crippen LogP contribution in [0.15, 0.2) is 60.1 Å². The summed E-state index contributed by atoms with van der Waals surface area (Å²) in [4.78, 5) is 26.0. The fourth-order valence-corrected chi connectivity index (χ4v) is 3.65. The minimum atomic E-state index is -0.455. The molecule has 0 aliphatic rings. The average molecular weight is 436 g/mol. The van der Waals surface area contributed by atoms with Crippen LogP contribution in [0.5, 0.6) is 11.6 Å². The Hall–Kier alpha value is -3.85. The predicted molar refractivity (Wildman–Crippen MR) is 116 cm³/mol. The van der Waals surface area contributed by atoms with E-state index in [0.29, 0.717) is 39.4 Å². The molecule has 0 aliphatic heterocycles. The van der Waals surface area contributed by atoms with Gasteiger partial charge in [0.15, 0.2) is 5.13 Å². The van der Waals surface area contributed by atoms with Gasteiger partial charge in [-0.3, -0.25) is 15.1 Å². The number of halogens is 1. The molecule has 7 nitrogen and oxygen atoms in total. The molecule has 4 aromatic rings. The highest BCUT2D eigenvalue weighted by molar-refractivity contribution is 7.14. The molecule has 3 heterocycles. The van der Waals surface area contributed by atoms with Crippen molar-refractivity contribution in [3.8, 4) is 34.3 Å². The van der Waals surface area contributed by atoms with E-state index in [1.165, 1.54) is 50.0 Å². The van der Waals surface area contributed by atoms with Gasteiger partial charge in [-0.05, 0) is 36.4 Å². The Morgan fingerprint density at radius 2 is 1.90 bits per heavy atom. The first-order chi connectivity index (χ1) is 15.1. The van der Waals surface area contributed by atoms with Crippen molar-refractivity contribution in [3.05, 3.63) is 71.5 Å². The molecule has 0 spiro atoms. The van der Waals surface area contributed by atoms with Crippen molar-refractivity contribution in [3.63, 3.8) is 0 Å². The summed E-state index contributed by atoms with van der Waals surface area (Å²) in [6.45, 7) is 0. The van der Waals surface area contributed by atoms with E-state index in [1.54, 1.807) is 29.6 Å². The van der Waals surface area contributed by atoms with E-state index in [0.717, 1.165) is 0 Å². The van der Waals surface area contributed by atoms with Gasteiger partial charge in [0.1, 0.15) is 17.3 Å². The summed E-state index contributed by atoms with van der Waals surface area (Å²) >= 11 is 1.26. The van der Waals surface area contributed by atoms with Crippen LogP contribution in [0.2, 0.25) is 0 Å². The number of aromatic nitrogens is 3. The Bertz CT molecular complexity index is 1240. The summed E-state index contributed by atoms with van der Waals surface area (Å²) in [5, 5.41) is 4.96. The molecule has 1 amide bonds. The Kier molecular flexibility index (Phi) is 5.85. The quantitative estimate of drug-likeness (QED) is 0.473. The van der Waals surface area contributed by atoms with E-state index in [1.807, 2.05) is 6.07 Å². The topological polar surface area (TPSA) is 86.2 Å². The number of anilines is 1. The molecular formula is C22H17FN4O3S. The number of thiazole rings is 1. The molecule has 1 N–H and O–H groups in total. The van der Waals surface area contributed by atoms with Crippen molar-refractivity contribution in [1.29, 1.82) is 0 Å². The van der Waals surface area contributed by atoms with Crippen LogP contribution >= 0.6 is 11.3 Å². The molecule has 0 fully saturated rings. The number of hydrogen-bond acceptors (Lipinski definition) is 7. The second-order valence-corrected chi connectivity index (χ2v) is 7.16. The van der Waals surface area contributed by atoms with Gasteiger partial charge in [0.2, 0.25) is 5.88 Å². The lowest BCUT2D eigenvalue weighted by Crippen LogP contribution is -2.14. The number of benzene rings is 1. The third kappa shape index (κ3) is 4.36. The summed E-state index contributed by atoms with van der Waals surface area (Å²) in [5.41, 5.74) is 2.19. The van der Waals surface area contributed by atoms with Crippen LogP contribution in [0.3, 0.4) is 0 Å². The smallest absolute Gasteiger partial charge is 0.259 e. The molecule has 1 aromatic carbocycles. The lowest BCUT2D eigenvalue weighted by atomic mass is 10.0. The number of amides is 1. The van der Waals surface area contributed by atoms with E-state index < -0.39 is 11.7 Å². The summed E-state index contributed by atoms with van der Waals surface area (Å²) in [5.74, 6) is 0.00648. The number of methoxy groups -OCH3 is 2. The number of nitrogens with zero attached hydrogens (tertiary/aromatic N) is 3. The van der Waals surface area contributed by atoms with Crippen LogP contribution in [0.1, 0.15) is 10.4 Å². The van der Waals surface area contributed by atoms with Crippen LogP contribution in [0.25, 0.3) is 22.6 Å². The number of ether oxygens (including phenoxy) is 2. The van der Waals surface area contributed by atoms with Gasteiger partial charge in [0, 0.05) is 23.2 Å². The van der Waals surface area contributed by atoms with E-state index in [-0.39, 0.29) is 5.56 Å². The van der Waals surface area contributed by atoms with Gasteiger partial charge < -0.3 is 9.47 Å². The molecule has 0 aliphatic carbocycles. The Morgan fingerprint density at radius 3 is 2.71 bits per heavy atom. The molecule has 4 rings (SSSR count). The van der Waals surface area contributed by atoms with Gasteiger partial charge in [0.05, 0.1) is 31.2 Å². The van der Waals surface area contributed by atoms with Crippen molar-refractivity contribution in [2.45, 2.75) is 0 Å². The standard InChI is InChI=1S/C22H17FN4O3S/c1-29-18-9-8-13(23)11-15(18)20-14(5-4-10-24-20)21(28)27-22-26-17(12-31-22)16-6-3-7-19(25-16)30-2/h3-12H,1-2H3,(H,26,27,28). The second kappa shape index (κ2) is 8.88. The Balaban J connectivity index is 1.62. The molecule has 0 radical (unpaired) electrons. The van der Waals surface area contributed by atoms with E-state index >= 15 is 0 Å². The summed E-state index contributed by atoms with van der Waals surface area (Å²) in [6, 6.07) is 12.7. The largest absolute Gasteiger partial charge is 0.496 e. The maximum absolute atomic E-state index is 13.9. The van der Waals surface area contributed by atoms with Gasteiger partial charge in [-0.15, -0.1) is 11.3 Å². The van der Waals surface area contributed by atoms with Crippen molar-refractivity contribution in [1.82, 2.24) is 15.0 Å². The van der Waals surface area contributed by atoms with Gasteiger partial charge in [-0.25, -0.2) is 14.4 Å². The maximum atomic E-state index is 13.9. The third-order valence-corrected chi connectivity index (χ3v) is 5.15. The van der Waals surface area contributed by atoms with E-state index in [9.17, 15) is 9.18 Å². The summed E-state index contributed by atoms with van der Waals surface area (Å²) < 4.78 is 24.3. The minimum absolute atomic E-state index is 0.266. The van der Waals surface area contributed by atoms with Gasteiger partial charge >= 0.3 is 0 Å². The number of carbonyl (C=O) groups excluding carboxylic acids is 1. The highest BCUT2D eigenvalue weighted by atomic mass is 32.1. The lowest BCUT2D eigenvalue weighted by Gasteiger charge is -2.11. The zero-order valence-electron chi connectivity index (χ0n) is 16.6. The lowest BCUT2D eigenvalue weighted by molar-refractivity contribution is 0.102. The molecule has 31 heavy (non-hydrogen) atoms. The predicted octanol–water partition coefficient (Wildman–Crippen LogP) is 4.68. The summed E-state index contributed by atoms with van der Waals surface area (Å²) in [7, 11) is 3.01. The molecule has 0 saturated carbocycles. The monoisotopic (exact) mass is 436 g/mol. The van der Waals surface area contributed by atoms with E-state index in [4.69, 9.17) is 9.47 Å². The van der Waals surface area contributed by atoms with Crippen molar-refractivity contribution in [2.75, 3.05) is 19.5 Å². The average Bonchev–Trinajstić information content (AvgIpc) is 3.27. The summed E-state index contributed by atoms with van der Waals surface area (Å²) in [6.07, 6.45) is 1.53. The van der Waals surface area contributed by atoms with E-state index in [2.05, 4.69) is 20.3 Å². The van der Waals surface area contributed by atoms with Crippen LogP contribution in [0, 0.1) is 5.82 Å². The minimum Gasteiger partial charge on any atom is -0.496 e. The van der Waals surface area contributed by atoms with Crippen molar-refractivity contribution >= 4 is 22.4 Å². The SMILES string of the molecule is COc1cccc(-c2csc(NC(=O)c3cccnc3-c3cc(F)ccc3OC)n2)n1. The zero-order valence-corrected chi connectivity index (χ0v) is 17.4. The number of pyridine rings is 2. The fraction of sp³-hybridized carbons (Fsp3) is 0.0909. The van der Waals surface area contributed by atoms with Gasteiger partial charge in [-0.1, -0.05) is 6.07 Å². The maximum Gasteiger partial charge on any atom is 0.259 e. The highest BCUT2D eigenvalue weighted by Gasteiger charge is 2.19. The van der Waals surface area contributed by atoms with Crippen LogP contribution < -0.4 is 14.8 Å². The van der Waals surface area contributed by atoms with Crippen LogP contribution in [-0.2, 0) is 0 Å². The number of carbonyl (C=O) groups is 1. The number of hydrogen-bond donors (Lipinski definition) is 1. The van der Waals surface area contributed by atoms with Crippen LogP contribution in [0.4, 0.5) is 9.52 Å². The molecular weight excluding hydrogens is 419 g/mol. The normalized spacial score (nSPS) is 10.5.